The Kier molecular flexibility index (Phi) is 4.24. The van der Waals surface area contributed by atoms with Crippen LogP contribution in [0.4, 0.5) is 5.69 Å². The minimum Gasteiger partial charge on any atom is -0.372 e. The van der Waals surface area contributed by atoms with Gasteiger partial charge in [0.05, 0.1) is 5.56 Å². The van der Waals surface area contributed by atoms with Gasteiger partial charge in [-0.2, -0.15) is 0 Å². The summed E-state index contributed by atoms with van der Waals surface area (Å²) in [6.07, 6.45) is 4.37. The summed E-state index contributed by atoms with van der Waals surface area (Å²) in [6, 6.07) is 10.4. The summed E-state index contributed by atoms with van der Waals surface area (Å²) in [7, 11) is 0. The van der Waals surface area contributed by atoms with Crippen molar-refractivity contribution in [2.45, 2.75) is 26.3 Å². The van der Waals surface area contributed by atoms with Crippen LogP contribution >= 0.6 is 0 Å². The third-order valence-electron chi connectivity index (χ3n) is 4.58. The van der Waals surface area contributed by atoms with Crippen molar-refractivity contribution in [1.29, 1.82) is 0 Å². The van der Waals surface area contributed by atoms with E-state index in [0.717, 1.165) is 30.0 Å². The van der Waals surface area contributed by atoms with E-state index in [-0.39, 0.29) is 5.91 Å². The summed E-state index contributed by atoms with van der Waals surface area (Å²) in [5, 5.41) is 0. The van der Waals surface area contributed by atoms with Gasteiger partial charge in [-0.3, -0.25) is 4.79 Å². The van der Waals surface area contributed by atoms with Crippen molar-refractivity contribution in [2.75, 3.05) is 18.0 Å². The fourth-order valence-corrected chi connectivity index (χ4v) is 3.32. The summed E-state index contributed by atoms with van der Waals surface area (Å²) in [6.45, 7) is 8.66. The Morgan fingerprint density at radius 3 is 2.48 bits per heavy atom. The van der Waals surface area contributed by atoms with Crippen molar-refractivity contribution in [1.82, 2.24) is 4.57 Å². The van der Waals surface area contributed by atoms with E-state index in [1.165, 1.54) is 18.5 Å². The van der Waals surface area contributed by atoms with Gasteiger partial charge in [0, 0.05) is 36.7 Å². The van der Waals surface area contributed by atoms with E-state index >= 15 is 0 Å². The fraction of sp³-hybridized carbons (Fsp3) is 0.316. The normalized spacial score (nSPS) is 14.2. The molecule has 1 amide bonds. The topological polar surface area (TPSA) is 51.3 Å². The van der Waals surface area contributed by atoms with Crippen molar-refractivity contribution in [3.05, 3.63) is 54.2 Å². The lowest BCUT2D eigenvalue weighted by Gasteiger charge is -2.18. The first-order chi connectivity index (χ1) is 11.1. The monoisotopic (exact) mass is 309 g/mol. The lowest BCUT2D eigenvalue weighted by atomic mass is 10.1. The molecule has 0 unspecified atom stereocenters. The van der Waals surface area contributed by atoms with Gasteiger partial charge in [-0.1, -0.05) is 18.2 Å². The number of allylic oxidation sites excluding steroid dienone is 1. The molecule has 0 aliphatic carbocycles. The standard InChI is InChI=1S/C19H23N3O/c1-3-10-22-14(2)17(19(20)23)13-18(22)15-6-8-16(9-7-15)21-11-4-5-12-21/h3,6-9,13H,1,4-5,10-12H2,2H3,(H2,20,23). The van der Waals surface area contributed by atoms with E-state index in [1.807, 2.05) is 19.1 Å². The highest BCUT2D eigenvalue weighted by molar-refractivity contribution is 5.95. The van der Waals surface area contributed by atoms with Crippen LogP contribution in [0.1, 0.15) is 28.9 Å². The summed E-state index contributed by atoms with van der Waals surface area (Å²) in [5.41, 5.74) is 10.3. The third-order valence-corrected chi connectivity index (χ3v) is 4.58. The van der Waals surface area contributed by atoms with Crippen LogP contribution in [0.2, 0.25) is 0 Å². The Labute approximate surface area is 137 Å². The highest BCUT2D eigenvalue weighted by atomic mass is 16.1. The molecule has 3 rings (SSSR count). The van der Waals surface area contributed by atoms with Gasteiger partial charge in [0.1, 0.15) is 0 Å². The molecular formula is C19H23N3O. The molecule has 1 aliphatic rings. The molecule has 1 aromatic carbocycles. The molecule has 0 saturated carbocycles. The van der Waals surface area contributed by atoms with Gasteiger partial charge in [-0.25, -0.2) is 0 Å². The number of rotatable bonds is 5. The molecule has 1 aromatic heterocycles. The molecular weight excluding hydrogens is 286 g/mol. The molecule has 0 bridgehead atoms. The van der Waals surface area contributed by atoms with Gasteiger partial charge in [-0.05, 0) is 43.5 Å². The van der Waals surface area contributed by atoms with Crippen molar-refractivity contribution < 1.29 is 4.79 Å². The number of anilines is 1. The zero-order chi connectivity index (χ0) is 16.4. The number of carbonyl (C=O) groups excluding carboxylic acids is 1. The van der Waals surface area contributed by atoms with Gasteiger partial charge < -0.3 is 15.2 Å². The van der Waals surface area contributed by atoms with Gasteiger partial charge in [-0.15, -0.1) is 6.58 Å². The molecule has 1 aliphatic heterocycles. The smallest absolute Gasteiger partial charge is 0.250 e. The zero-order valence-electron chi connectivity index (χ0n) is 13.6. The Morgan fingerprint density at radius 2 is 1.91 bits per heavy atom. The lowest BCUT2D eigenvalue weighted by molar-refractivity contribution is 0.0999. The number of amides is 1. The molecule has 2 heterocycles. The van der Waals surface area contributed by atoms with E-state index in [0.29, 0.717) is 12.1 Å². The maximum Gasteiger partial charge on any atom is 0.250 e. The summed E-state index contributed by atoms with van der Waals surface area (Å²) in [4.78, 5) is 14.0. The number of nitrogens with two attached hydrogens (primary N) is 1. The minimum atomic E-state index is -0.389. The molecule has 0 radical (unpaired) electrons. The van der Waals surface area contributed by atoms with Crippen molar-refractivity contribution >= 4 is 11.6 Å². The Morgan fingerprint density at radius 1 is 1.26 bits per heavy atom. The van der Waals surface area contributed by atoms with E-state index in [4.69, 9.17) is 5.73 Å². The third kappa shape index (κ3) is 2.89. The van der Waals surface area contributed by atoms with E-state index < -0.39 is 0 Å². The van der Waals surface area contributed by atoms with Crippen LogP contribution in [-0.4, -0.2) is 23.6 Å². The SMILES string of the molecule is C=CCn1c(-c2ccc(N3CCCC3)cc2)cc(C(N)=O)c1C. The zero-order valence-corrected chi connectivity index (χ0v) is 13.6. The number of primary amides is 1. The highest BCUT2D eigenvalue weighted by Crippen LogP contribution is 2.29. The van der Waals surface area contributed by atoms with Crippen molar-refractivity contribution in [2.24, 2.45) is 5.73 Å². The molecule has 120 valence electrons. The Bertz CT molecular complexity index is 722. The Balaban J connectivity index is 1.98. The predicted octanol–water partition coefficient (Wildman–Crippen LogP) is 3.35. The molecule has 0 atom stereocenters. The number of nitrogens with zero attached hydrogens (tertiary/aromatic N) is 2. The molecule has 1 fully saturated rings. The average molecular weight is 309 g/mol. The van der Waals surface area contributed by atoms with Crippen LogP contribution in [0.3, 0.4) is 0 Å². The minimum absolute atomic E-state index is 0.389. The van der Waals surface area contributed by atoms with E-state index in [9.17, 15) is 4.79 Å². The van der Waals surface area contributed by atoms with E-state index in [2.05, 4.69) is 40.3 Å². The second-order valence-corrected chi connectivity index (χ2v) is 6.03. The van der Waals surface area contributed by atoms with Crippen LogP contribution in [0.5, 0.6) is 0 Å². The van der Waals surface area contributed by atoms with Crippen LogP contribution in [0, 0.1) is 6.92 Å². The number of carbonyl (C=O) groups is 1. The first-order valence-electron chi connectivity index (χ1n) is 8.08. The van der Waals surface area contributed by atoms with E-state index in [1.54, 1.807) is 0 Å². The number of hydrogen-bond donors (Lipinski definition) is 1. The number of hydrogen-bond acceptors (Lipinski definition) is 2. The second-order valence-electron chi connectivity index (χ2n) is 6.03. The highest BCUT2D eigenvalue weighted by Gasteiger charge is 2.17. The fourth-order valence-electron chi connectivity index (χ4n) is 3.32. The molecule has 0 spiro atoms. The molecule has 23 heavy (non-hydrogen) atoms. The number of aromatic nitrogens is 1. The second kappa shape index (κ2) is 6.32. The molecule has 2 aromatic rings. The van der Waals surface area contributed by atoms with Crippen LogP contribution in [-0.2, 0) is 6.54 Å². The van der Waals surface area contributed by atoms with Gasteiger partial charge in [0.2, 0.25) is 0 Å². The van der Waals surface area contributed by atoms with Crippen LogP contribution in [0.25, 0.3) is 11.3 Å². The summed E-state index contributed by atoms with van der Waals surface area (Å²) in [5.74, 6) is -0.389. The summed E-state index contributed by atoms with van der Waals surface area (Å²) < 4.78 is 2.08. The molecule has 4 heteroatoms. The van der Waals surface area contributed by atoms with Crippen molar-refractivity contribution in [3.63, 3.8) is 0 Å². The quantitative estimate of drug-likeness (QED) is 0.861. The largest absolute Gasteiger partial charge is 0.372 e. The average Bonchev–Trinajstić information content (AvgIpc) is 3.17. The maximum atomic E-state index is 11.6. The lowest BCUT2D eigenvalue weighted by Crippen LogP contribution is -2.17. The number of benzene rings is 1. The van der Waals surface area contributed by atoms with Crippen LogP contribution in [0.15, 0.2) is 43.0 Å². The molecule has 1 saturated heterocycles. The van der Waals surface area contributed by atoms with Gasteiger partial charge in [0.15, 0.2) is 0 Å². The molecule has 2 N–H and O–H groups in total. The maximum absolute atomic E-state index is 11.6. The van der Waals surface area contributed by atoms with Gasteiger partial charge >= 0.3 is 0 Å². The first kappa shape index (κ1) is 15.4. The van der Waals surface area contributed by atoms with Gasteiger partial charge in [0.25, 0.3) is 5.91 Å². The molecule has 4 nitrogen and oxygen atoms in total. The van der Waals surface area contributed by atoms with Crippen LogP contribution < -0.4 is 10.6 Å². The Hall–Kier alpha value is -2.49. The first-order valence-corrected chi connectivity index (χ1v) is 8.08. The summed E-state index contributed by atoms with van der Waals surface area (Å²) >= 11 is 0. The predicted molar refractivity (Wildman–Crippen MR) is 94.8 cm³/mol. The van der Waals surface area contributed by atoms with Crippen molar-refractivity contribution in [3.8, 4) is 11.3 Å².